The first kappa shape index (κ1) is 18.2. The number of nitrogens with zero attached hydrogens (tertiary/aromatic N) is 3. The van der Waals surface area contributed by atoms with Gasteiger partial charge < -0.3 is 23.8 Å². The van der Waals surface area contributed by atoms with Gasteiger partial charge in [0.25, 0.3) is 5.91 Å². The van der Waals surface area contributed by atoms with Crippen molar-refractivity contribution in [3.63, 3.8) is 0 Å². The fraction of sp³-hybridized carbons (Fsp3) is 0.318. The minimum absolute atomic E-state index is 0.0649. The van der Waals surface area contributed by atoms with Crippen molar-refractivity contribution in [3.05, 3.63) is 54.2 Å². The molecule has 0 N–H and O–H groups in total. The smallest absolute Gasteiger partial charge is 0.270 e. The first-order valence-corrected chi connectivity index (χ1v) is 9.43. The Kier molecular flexibility index (Phi) is 4.86. The lowest BCUT2D eigenvalue weighted by atomic mass is 10.2. The number of piperazine rings is 1. The second-order valence-corrected chi connectivity index (χ2v) is 6.96. The number of ether oxygens (including phenoxy) is 2. The maximum atomic E-state index is 13.1. The maximum absolute atomic E-state index is 13.1. The van der Waals surface area contributed by atoms with Crippen LogP contribution in [0.2, 0.25) is 0 Å². The number of carbonyl (C=O) groups is 1. The molecule has 1 saturated heterocycles. The summed E-state index contributed by atoms with van der Waals surface area (Å²) in [5, 5.41) is 0.965. The molecular weight excluding hydrogens is 354 g/mol. The molecule has 0 saturated carbocycles. The minimum Gasteiger partial charge on any atom is -0.497 e. The van der Waals surface area contributed by atoms with Crippen LogP contribution in [-0.4, -0.2) is 55.8 Å². The highest BCUT2D eigenvalue weighted by Crippen LogP contribution is 2.29. The van der Waals surface area contributed by atoms with E-state index in [0.29, 0.717) is 18.8 Å². The molecule has 0 radical (unpaired) electrons. The topological polar surface area (TPSA) is 46.9 Å². The van der Waals surface area contributed by atoms with Crippen LogP contribution in [0.3, 0.4) is 0 Å². The third-order valence-corrected chi connectivity index (χ3v) is 5.49. The molecule has 3 aromatic rings. The largest absolute Gasteiger partial charge is 0.497 e. The molecule has 1 amide bonds. The molecule has 2 heterocycles. The van der Waals surface area contributed by atoms with Crippen molar-refractivity contribution in [1.29, 1.82) is 0 Å². The molecule has 2 aromatic carbocycles. The highest BCUT2D eigenvalue weighted by atomic mass is 16.5. The van der Waals surface area contributed by atoms with Crippen molar-refractivity contribution in [2.45, 2.75) is 0 Å². The van der Waals surface area contributed by atoms with Gasteiger partial charge in [-0.25, -0.2) is 0 Å². The second kappa shape index (κ2) is 7.46. The number of anilines is 1. The number of benzene rings is 2. The summed E-state index contributed by atoms with van der Waals surface area (Å²) in [6.45, 7) is 3.02. The molecule has 0 unspecified atom stereocenters. The standard InChI is InChI=1S/C22H25N3O3/c1-23-19-5-4-6-21(28-3)18(19)15-20(23)22(26)25-13-11-24(12-14-25)16-7-9-17(27-2)10-8-16/h4-10,15H,11-14H2,1-3H3. The van der Waals surface area contributed by atoms with Crippen molar-refractivity contribution < 1.29 is 14.3 Å². The van der Waals surface area contributed by atoms with Crippen LogP contribution in [0.1, 0.15) is 10.5 Å². The normalized spacial score (nSPS) is 14.4. The summed E-state index contributed by atoms with van der Waals surface area (Å²) in [7, 11) is 5.26. The van der Waals surface area contributed by atoms with E-state index in [4.69, 9.17) is 9.47 Å². The Hall–Kier alpha value is -3.15. The molecule has 6 nitrogen and oxygen atoms in total. The fourth-order valence-corrected chi connectivity index (χ4v) is 3.84. The first-order valence-electron chi connectivity index (χ1n) is 9.43. The van der Waals surface area contributed by atoms with Crippen molar-refractivity contribution in [2.75, 3.05) is 45.3 Å². The van der Waals surface area contributed by atoms with E-state index in [0.717, 1.165) is 41.2 Å². The Morgan fingerprint density at radius 3 is 2.29 bits per heavy atom. The van der Waals surface area contributed by atoms with Crippen LogP contribution in [0, 0.1) is 0 Å². The van der Waals surface area contributed by atoms with Gasteiger partial charge in [-0.2, -0.15) is 0 Å². The molecule has 1 aromatic heterocycles. The maximum Gasteiger partial charge on any atom is 0.270 e. The lowest BCUT2D eigenvalue weighted by molar-refractivity contribution is 0.0737. The highest BCUT2D eigenvalue weighted by Gasteiger charge is 2.25. The van der Waals surface area contributed by atoms with Crippen LogP contribution in [0.5, 0.6) is 11.5 Å². The molecule has 0 bridgehead atoms. The molecule has 28 heavy (non-hydrogen) atoms. The summed E-state index contributed by atoms with van der Waals surface area (Å²) in [6, 6.07) is 15.9. The summed E-state index contributed by atoms with van der Waals surface area (Å²) in [4.78, 5) is 17.4. The molecular formula is C22H25N3O3. The zero-order chi connectivity index (χ0) is 19.7. The number of aryl methyl sites for hydroxylation is 1. The predicted molar refractivity (Wildman–Crippen MR) is 111 cm³/mol. The van der Waals surface area contributed by atoms with Crippen LogP contribution in [0.4, 0.5) is 5.69 Å². The van der Waals surface area contributed by atoms with Gasteiger partial charge in [0, 0.05) is 44.3 Å². The van der Waals surface area contributed by atoms with E-state index in [9.17, 15) is 4.79 Å². The van der Waals surface area contributed by atoms with Crippen molar-refractivity contribution in [1.82, 2.24) is 9.47 Å². The highest BCUT2D eigenvalue weighted by molar-refractivity contribution is 6.00. The Morgan fingerprint density at radius 2 is 1.64 bits per heavy atom. The minimum atomic E-state index is 0.0649. The Morgan fingerprint density at radius 1 is 0.929 bits per heavy atom. The summed E-state index contributed by atoms with van der Waals surface area (Å²) in [5.74, 6) is 1.70. The number of rotatable bonds is 4. The number of carbonyl (C=O) groups excluding carboxylic acids is 1. The molecule has 1 fully saturated rings. The first-order chi connectivity index (χ1) is 13.6. The van der Waals surface area contributed by atoms with E-state index in [1.807, 2.05) is 52.9 Å². The Balaban J connectivity index is 1.49. The predicted octanol–water partition coefficient (Wildman–Crippen LogP) is 3.16. The summed E-state index contributed by atoms with van der Waals surface area (Å²) in [6.07, 6.45) is 0. The Labute approximate surface area is 164 Å². The van der Waals surface area contributed by atoms with Gasteiger partial charge in [0.1, 0.15) is 17.2 Å². The zero-order valence-electron chi connectivity index (χ0n) is 16.5. The molecule has 0 spiro atoms. The third kappa shape index (κ3) is 3.15. The van der Waals surface area contributed by atoms with Crippen LogP contribution >= 0.6 is 0 Å². The molecule has 6 heteroatoms. The van der Waals surface area contributed by atoms with E-state index in [1.54, 1.807) is 14.2 Å². The van der Waals surface area contributed by atoms with Gasteiger partial charge in [0.2, 0.25) is 0 Å². The SMILES string of the molecule is COc1ccc(N2CCN(C(=O)c3cc4c(OC)cccc4n3C)CC2)cc1. The summed E-state index contributed by atoms with van der Waals surface area (Å²) < 4.78 is 12.6. The lowest BCUT2D eigenvalue weighted by Crippen LogP contribution is -2.49. The van der Waals surface area contributed by atoms with Crippen molar-refractivity contribution in [2.24, 2.45) is 7.05 Å². The average molecular weight is 379 g/mol. The van der Waals surface area contributed by atoms with Gasteiger partial charge >= 0.3 is 0 Å². The number of aromatic nitrogens is 1. The van der Waals surface area contributed by atoms with Crippen LogP contribution in [-0.2, 0) is 7.05 Å². The van der Waals surface area contributed by atoms with Gasteiger partial charge in [-0.1, -0.05) is 6.07 Å². The average Bonchev–Trinajstić information content (AvgIpc) is 3.10. The van der Waals surface area contributed by atoms with Gasteiger partial charge in [-0.15, -0.1) is 0 Å². The van der Waals surface area contributed by atoms with Gasteiger partial charge in [0.05, 0.1) is 19.7 Å². The van der Waals surface area contributed by atoms with Gasteiger partial charge in [-0.05, 0) is 42.5 Å². The molecule has 0 atom stereocenters. The van der Waals surface area contributed by atoms with Crippen molar-refractivity contribution >= 4 is 22.5 Å². The van der Waals surface area contributed by atoms with Crippen LogP contribution in [0.25, 0.3) is 10.9 Å². The third-order valence-electron chi connectivity index (χ3n) is 5.49. The van der Waals surface area contributed by atoms with Crippen LogP contribution < -0.4 is 14.4 Å². The summed E-state index contributed by atoms with van der Waals surface area (Å²) in [5.41, 5.74) is 2.85. The van der Waals surface area contributed by atoms with E-state index >= 15 is 0 Å². The number of methoxy groups -OCH3 is 2. The van der Waals surface area contributed by atoms with Crippen LogP contribution in [0.15, 0.2) is 48.5 Å². The van der Waals surface area contributed by atoms with Gasteiger partial charge in [0.15, 0.2) is 0 Å². The number of hydrogen-bond donors (Lipinski definition) is 0. The Bertz CT molecular complexity index is 986. The van der Waals surface area contributed by atoms with Crippen molar-refractivity contribution in [3.8, 4) is 11.5 Å². The van der Waals surface area contributed by atoms with E-state index in [-0.39, 0.29) is 5.91 Å². The van der Waals surface area contributed by atoms with Gasteiger partial charge in [-0.3, -0.25) is 4.79 Å². The molecule has 146 valence electrons. The van der Waals surface area contributed by atoms with E-state index in [1.165, 1.54) is 0 Å². The number of fused-ring (bicyclic) bond motifs is 1. The number of hydrogen-bond acceptors (Lipinski definition) is 4. The fourth-order valence-electron chi connectivity index (χ4n) is 3.84. The molecule has 1 aliphatic heterocycles. The molecule has 4 rings (SSSR count). The quantitative estimate of drug-likeness (QED) is 0.699. The van der Waals surface area contributed by atoms with E-state index in [2.05, 4.69) is 17.0 Å². The molecule has 1 aliphatic rings. The lowest BCUT2D eigenvalue weighted by Gasteiger charge is -2.36. The summed E-state index contributed by atoms with van der Waals surface area (Å²) >= 11 is 0. The molecule has 0 aliphatic carbocycles. The monoisotopic (exact) mass is 379 g/mol. The van der Waals surface area contributed by atoms with E-state index < -0.39 is 0 Å². The second-order valence-electron chi connectivity index (χ2n) is 6.96. The number of amides is 1. The zero-order valence-corrected chi connectivity index (χ0v) is 16.5.